The van der Waals surface area contributed by atoms with Gasteiger partial charge in [-0.15, -0.1) is 12.4 Å². The molecule has 0 rings (SSSR count). The largest absolute Gasteiger partial charge is 0.313 e. The lowest BCUT2D eigenvalue weighted by Gasteiger charge is -2.19. The minimum atomic E-state index is -3.30. The van der Waals surface area contributed by atoms with Crippen LogP contribution in [0, 0.1) is 0 Å². The molecule has 0 amide bonds. The summed E-state index contributed by atoms with van der Waals surface area (Å²) in [4.78, 5) is 0. The van der Waals surface area contributed by atoms with Crippen molar-refractivity contribution in [1.29, 1.82) is 0 Å². The number of unbranched alkanes of at least 4 members (excludes halogenated alkanes) is 1. The second kappa shape index (κ2) is 10.1. The number of halogens is 1. The SMILES string of the molecule is CCCCN(C)S(=O)(=O)NC[C@@H](C)NCC.Cl. The molecule has 0 saturated carbocycles. The number of hydrogen-bond acceptors (Lipinski definition) is 3. The van der Waals surface area contributed by atoms with Gasteiger partial charge in [0.15, 0.2) is 0 Å². The third-order valence-electron chi connectivity index (χ3n) is 2.36. The molecule has 0 aromatic rings. The van der Waals surface area contributed by atoms with Crippen LogP contribution in [0.2, 0.25) is 0 Å². The van der Waals surface area contributed by atoms with Crippen LogP contribution in [-0.2, 0) is 10.2 Å². The Morgan fingerprint density at radius 3 is 2.35 bits per heavy atom. The van der Waals surface area contributed by atoms with Crippen LogP contribution in [0.25, 0.3) is 0 Å². The van der Waals surface area contributed by atoms with Crippen LogP contribution in [0.1, 0.15) is 33.6 Å². The molecule has 1 atom stereocenters. The van der Waals surface area contributed by atoms with Gasteiger partial charge in [0.1, 0.15) is 0 Å². The van der Waals surface area contributed by atoms with E-state index in [1.807, 2.05) is 20.8 Å². The summed E-state index contributed by atoms with van der Waals surface area (Å²) in [5.74, 6) is 0. The van der Waals surface area contributed by atoms with Crippen molar-refractivity contribution in [3.8, 4) is 0 Å². The monoisotopic (exact) mass is 287 g/mol. The lowest BCUT2D eigenvalue weighted by Crippen LogP contribution is -2.44. The van der Waals surface area contributed by atoms with Crippen LogP contribution >= 0.6 is 12.4 Å². The Bertz CT molecular complexity index is 273. The van der Waals surface area contributed by atoms with Crippen molar-refractivity contribution in [2.45, 2.75) is 39.7 Å². The topological polar surface area (TPSA) is 61.4 Å². The summed E-state index contributed by atoms with van der Waals surface area (Å²) in [6.07, 6.45) is 1.88. The maximum atomic E-state index is 11.7. The minimum absolute atomic E-state index is 0. The molecule has 0 radical (unpaired) electrons. The van der Waals surface area contributed by atoms with E-state index in [1.165, 1.54) is 4.31 Å². The first-order chi connectivity index (χ1) is 7.44. The number of hydrogen-bond donors (Lipinski definition) is 2. The van der Waals surface area contributed by atoms with E-state index in [1.54, 1.807) is 7.05 Å². The van der Waals surface area contributed by atoms with Crippen LogP contribution in [0.15, 0.2) is 0 Å². The first-order valence-electron chi connectivity index (χ1n) is 5.88. The lowest BCUT2D eigenvalue weighted by atomic mass is 10.3. The zero-order valence-electron chi connectivity index (χ0n) is 11.2. The summed E-state index contributed by atoms with van der Waals surface area (Å²) in [5, 5.41) is 3.15. The Morgan fingerprint density at radius 1 is 1.29 bits per heavy atom. The Labute approximate surface area is 112 Å². The third kappa shape index (κ3) is 8.79. The molecule has 0 aromatic heterocycles. The summed E-state index contributed by atoms with van der Waals surface area (Å²) in [7, 11) is -1.70. The highest BCUT2D eigenvalue weighted by Gasteiger charge is 2.16. The van der Waals surface area contributed by atoms with Gasteiger partial charge >= 0.3 is 0 Å². The molecule has 0 unspecified atom stereocenters. The highest BCUT2D eigenvalue weighted by molar-refractivity contribution is 7.87. The normalized spacial score (nSPS) is 13.5. The van der Waals surface area contributed by atoms with Crippen LogP contribution < -0.4 is 10.0 Å². The third-order valence-corrected chi connectivity index (χ3v) is 3.90. The maximum Gasteiger partial charge on any atom is 0.279 e. The first-order valence-corrected chi connectivity index (χ1v) is 7.32. The fourth-order valence-corrected chi connectivity index (χ4v) is 2.31. The summed E-state index contributed by atoms with van der Waals surface area (Å²) >= 11 is 0. The van der Waals surface area contributed by atoms with Crippen molar-refractivity contribution < 1.29 is 8.42 Å². The van der Waals surface area contributed by atoms with Crippen molar-refractivity contribution in [1.82, 2.24) is 14.3 Å². The van der Waals surface area contributed by atoms with Gasteiger partial charge in [-0.25, -0.2) is 4.72 Å². The van der Waals surface area contributed by atoms with Gasteiger partial charge in [0.25, 0.3) is 10.2 Å². The van der Waals surface area contributed by atoms with Gasteiger partial charge < -0.3 is 5.32 Å². The zero-order valence-corrected chi connectivity index (χ0v) is 12.8. The van der Waals surface area contributed by atoms with E-state index in [4.69, 9.17) is 0 Å². The molecule has 7 heteroatoms. The molecule has 0 aliphatic carbocycles. The van der Waals surface area contributed by atoms with E-state index in [2.05, 4.69) is 10.0 Å². The molecule has 0 spiro atoms. The number of likely N-dealkylation sites (N-methyl/N-ethyl adjacent to an activating group) is 1. The van der Waals surface area contributed by atoms with Crippen molar-refractivity contribution >= 4 is 22.6 Å². The van der Waals surface area contributed by atoms with Gasteiger partial charge in [-0.05, 0) is 19.9 Å². The fraction of sp³-hybridized carbons (Fsp3) is 1.00. The van der Waals surface area contributed by atoms with Gasteiger partial charge in [0.05, 0.1) is 0 Å². The Kier molecular flexibility index (Phi) is 11.5. The van der Waals surface area contributed by atoms with Crippen LogP contribution in [0.4, 0.5) is 0 Å². The molecule has 2 N–H and O–H groups in total. The minimum Gasteiger partial charge on any atom is -0.313 e. The van der Waals surface area contributed by atoms with E-state index < -0.39 is 10.2 Å². The van der Waals surface area contributed by atoms with E-state index in [9.17, 15) is 8.42 Å². The second-order valence-electron chi connectivity index (χ2n) is 3.99. The van der Waals surface area contributed by atoms with E-state index in [0.717, 1.165) is 19.4 Å². The Balaban J connectivity index is 0. The summed E-state index contributed by atoms with van der Waals surface area (Å²) in [6, 6.07) is 0.152. The van der Waals surface area contributed by atoms with Crippen molar-refractivity contribution in [2.24, 2.45) is 0 Å². The summed E-state index contributed by atoms with van der Waals surface area (Å²) in [6.45, 7) is 7.83. The van der Waals surface area contributed by atoms with E-state index in [-0.39, 0.29) is 18.4 Å². The molecule has 0 heterocycles. The van der Waals surface area contributed by atoms with E-state index in [0.29, 0.717) is 13.1 Å². The van der Waals surface area contributed by atoms with Crippen LogP contribution in [0.5, 0.6) is 0 Å². The standard InChI is InChI=1S/C10H25N3O2S.ClH/c1-5-7-8-13(4)16(14,15)12-9-10(3)11-6-2;/h10-12H,5-9H2,1-4H3;1H/t10-;/m1./s1. The molecular formula is C10H26ClN3O2S. The molecule has 17 heavy (non-hydrogen) atoms. The first kappa shape index (κ1) is 19.5. The average molecular weight is 288 g/mol. The molecule has 106 valence electrons. The van der Waals surface area contributed by atoms with Crippen molar-refractivity contribution in [3.05, 3.63) is 0 Å². The maximum absolute atomic E-state index is 11.7. The molecule has 0 saturated heterocycles. The van der Waals surface area contributed by atoms with Crippen molar-refractivity contribution in [3.63, 3.8) is 0 Å². The second-order valence-corrected chi connectivity index (χ2v) is 5.85. The molecule has 5 nitrogen and oxygen atoms in total. The highest BCUT2D eigenvalue weighted by atomic mass is 35.5. The summed E-state index contributed by atoms with van der Waals surface area (Å²) in [5.41, 5.74) is 0. The lowest BCUT2D eigenvalue weighted by molar-refractivity contribution is 0.442. The Morgan fingerprint density at radius 2 is 1.88 bits per heavy atom. The molecule has 0 fully saturated rings. The predicted octanol–water partition coefficient (Wildman–Crippen LogP) is 0.972. The number of rotatable bonds is 9. The quantitative estimate of drug-likeness (QED) is 0.664. The zero-order chi connectivity index (χ0) is 12.6. The molecule has 0 aliphatic heterocycles. The van der Waals surface area contributed by atoms with Gasteiger partial charge in [-0.2, -0.15) is 12.7 Å². The fourth-order valence-electron chi connectivity index (χ4n) is 1.26. The van der Waals surface area contributed by atoms with E-state index >= 15 is 0 Å². The summed E-state index contributed by atoms with van der Waals surface area (Å²) < 4.78 is 27.4. The smallest absolute Gasteiger partial charge is 0.279 e. The highest BCUT2D eigenvalue weighted by Crippen LogP contribution is 1.97. The molecule has 0 bridgehead atoms. The van der Waals surface area contributed by atoms with Gasteiger partial charge in [-0.3, -0.25) is 0 Å². The Hall–Kier alpha value is 0.120. The van der Waals surface area contributed by atoms with Gasteiger partial charge in [0, 0.05) is 26.2 Å². The van der Waals surface area contributed by atoms with Gasteiger partial charge in [-0.1, -0.05) is 20.3 Å². The molecule has 0 aliphatic rings. The molecule has 0 aromatic carbocycles. The molecular weight excluding hydrogens is 262 g/mol. The van der Waals surface area contributed by atoms with Crippen LogP contribution in [-0.4, -0.2) is 45.4 Å². The van der Waals surface area contributed by atoms with Gasteiger partial charge in [0.2, 0.25) is 0 Å². The van der Waals surface area contributed by atoms with Crippen molar-refractivity contribution in [2.75, 3.05) is 26.7 Å². The average Bonchev–Trinajstić information content (AvgIpc) is 2.23. The predicted molar refractivity (Wildman–Crippen MR) is 74.8 cm³/mol. The van der Waals surface area contributed by atoms with Crippen LogP contribution in [0.3, 0.4) is 0 Å². The number of nitrogens with zero attached hydrogens (tertiary/aromatic N) is 1. The number of nitrogens with one attached hydrogen (secondary N) is 2.